The first-order valence-corrected chi connectivity index (χ1v) is 6.59. The molecular weight excluding hydrogens is 214 g/mol. The third kappa shape index (κ3) is 3.30. The Balaban J connectivity index is 1.74. The van der Waals surface area contributed by atoms with Gasteiger partial charge in [0, 0.05) is 25.3 Å². The minimum atomic E-state index is -0.101. The van der Waals surface area contributed by atoms with Crippen molar-refractivity contribution in [2.75, 3.05) is 6.54 Å². The third-order valence-corrected chi connectivity index (χ3v) is 3.52. The van der Waals surface area contributed by atoms with Crippen molar-refractivity contribution in [3.05, 3.63) is 18.0 Å². The highest BCUT2D eigenvalue weighted by Crippen LogP contribution is 2.24. The molecule has 0 bridgehead atoms. The van der Waals surface area contributed by atoms with Crippen molar-refractivity contribution >= 4 is 0 Å². The van der Waals surface area contributed by atoms with E-state index in [0.717, 1.165) is 38.0 Å². The van der Waals surface area contributed by atoms with Crippen molar-refractivity contribution in [2.45, 2.75) is 51.8 Å². The van der Waals surface area contributed by atoms with Crippen LogP contribution in [0.5, 0.6) is 0 Å². The van der Waals surface area contributed by atoms with E-state index in [-0.39, 0.29) is 6.10 Å². The molecule has 1 aliphatic rings. The smallest absolute Gasteiger partial charge is 0.0762 e. The zero-order chi connectivity index (χ0) is 12.3. The number of aromatic nitrogens is 2. The molecule has 0 spiro atoms. The summed E-state index contributed by atoms with van der Waals surface area (Å²) in [6, 6.07) is 2.47. The largest absolute Gasteiger partial charge is 0.393 e. The minimum Gasteiger partial charge on any atom is -0.393 e. The molecule has 1 heterocycles. The molecule has 2 unspecified atom stereocenters. The number of nitrogens with one attached hydrogen (secondary N) is 1. The molecule has 2 rings (SSSR count). The summed E-state index contributed by atoms with van der Waals surface area (Å²) in [6.45, 7) is 5.94. The van der Waals surface area contributed by atoms with Crippen LogP contribution in [0, 0.1) is 5.92 Å². The monoisotopic (exact) mass is 237 g/mol. The summed E-state index contributed by atoms with van der Waals surface area (Å²) in [4.78, 5) is 0. The summed E-state index contributed by atoms with van der Waals surface area (Å²) in [5.74, 6) is 0.433. The predicted octanol–water partition coefficient (Wildman–Crippen LogP) is 1.71. The summed E-state index contributed by atoms with van der Waals surface area (Å²) in [6.07, 6.45) is 5.19. The summed E-state index contributed by atoms with van der Waals surface area (Å²) < 4.78 is 1.97. The Kier molecular flexibility index (Phi) is 4.18. The number of nitrogens with zero attached hydrogens (tertiary/aromatic N) is 2. The van der Waals surface area contributed by atoms with Gasteiger partial charge in [-0.25, -0.2) is 0 Å². The molecule has 2 atom stereocenters. The molecule has 96 valence electrons. The normalized spacial score (nSPS) is 24.7. The molecule has 4 nitrogen and oxygen atoms in total. The standard InChI is InChI=1S/C13H23N3O/c1-10(2)16-7-6-12(15-16)9-14-8-11-4-3-5-13(11)17/h6-7,10-11,13-14,17H,3-5,8-9H2,1-2H3. The van der Waals surface area contributed by atoms with Crippen molar-refractivity contribution in [1.82, 2.24) is 15.1 Å². The fourth-order valence-electron chi connectivity index (χ4n) is 2.40. The molecule has 0 radical (unpaired) electrons. The van der Waals surface area contributed by atoms with Crippen LogP contribution in [0.2, 0.25) is 0 Å². The molecule has 1 saturated carbocycles. The fourth-order valence-corrected chi connectivity index (χ4v) is 2.40. The van der Waals surface area contributed by atoms with Gasteiger partial charge in [0.1, 0.15) is 0 Å². The Morgan fingerprint density at radius 2 is 2.35 bits per heavy atom. The van der Waals surface area contributed by atoms with E-state index >= 15 is 0 Å². The molecule has 0 amide bonds. The lowest BCUT2D eigenvalue weighted by Crippen LogP contribution is -2.27. The molecule has 1 aromatic heterocycles. The second-order valence-corrected chi connectivity index (χ2v) is 5.27. The Morgan fingerprint density at radius 1 is 1.53 bits per heavy atom. The first-order valence-electron chi connectivity index (χ1n) is 6.59. The van der Waals surface area contributed by atoms with Crippen molar-refractivity contribution in [3.63, 3.8) is 0 Å². The number of hydrogen-bond acceptors (Lipinski definition) is 3. The quantitative estimate of drug-likeness (QED) is 0.819. The topological polar surface area (TPSA) is 50.1 Å². The maximum absolute atomic E-state index is 9.70. The maximum Gasteiger partial charge on any atom is 0.0762 e. The van der Waals surface area contributed by atoms with Crippen molar-refractivity contribution in [3.8, 4) is 0 Å². The van der Waals surface area contributed by atoms with Crippen LogP contribution in [-0.2, 0) is 6.54 Å². The van der Waals surface area contributed by atoms with Gasteiger partial charge in [0.15, 0.2) is 0 Å². The minimum absolute atomic E-state index is 0.101. The SMILES string of the molecule is CC(C)n1ccc(CNCC2CCCC2O)n1. The fraction of sp³-hybridized carbons (Fsp3) is 0.769. The number of rotatable bonds is 5. The second-order valence-electron chi connectivity index (χ2n) is 5.27. The lowest BCUT2D eigenvalue weighted by Gasteiger charge is -2.14. The van der Waals surface area contributed by atoms with Crippen LogP contribution in [0.4, 0.5) is 0 Å². The molecule has 2 N–H and O–H groups in total. The highest BCUT2D eigenvalue weighted by Gasteiger charge is 2.24. The first-order chi connectivity index (χ1) is 8.16. The van der Waals surface area contributed by atoms with Gasteiger partial charge in [-0.3, -0.25) is 4.68 Å². The van der Waals surface area contributed by atoms with Gasteiger partial charge in [-0.15, -0.1) is 0 Å². The van der Waals surface area contributed by atoms with E-state index < -0.39 is 0 Å². The Bertz CT molecular complexity index is 348. The third-order valence-electron chi connectivity index (χ3n) is 3.52. The van der Waals surface area contributed by atoms with E-state index in [1.54, 1.807) is 0 Å². The van der Waals surface area contributed by atoms with E-state index in [1.807, 2.05) is 10.9 Å². The molecule has 1 aliphatic carbocycles. The average Bonchev–Trinajstić information content (AvgIpc) is 2.89. The lowest BCUT2D eigenvalue weighted by atomic mass is 10.1. The van der Waals surface area contributed by atoms with Gasteiger partial charge < -0.3 is 10.4 Å². The van der Waals surface area contributed by atoms with Crippen LogP contribution in [0.3, 0.4) is 0 Å². The van der Waals surface area contributed by atoms with Crippen LogP contribution in [0.15, 0.2) is 12.3 Å². The zero-order valence-corrected chi connectivity index (χ0v) is 10.8. The maximum atomic E-state index is 9.70. The lowest BCUT2D eigenvalue weighted by molar-refractivity contribution is 0.131. The Hall–Kier alpha value is -0.870. The van der Waals surface area contributed by atoms with Crippen LogP contribution >= 0.6 is 0 Å². The van der Waals surface area contributed by atoms with Crippen LogP contribution in [-0.4, -0.2) is 27.5 Å². The molecule has 4 heteroatoms. The summed E-state index contributed by atoms with van der Waals surface area (Å²) in [5.41, 5.74) is 1.08. The first kappa shape index (κ1) is 12.6. The van der Waals surface area contributed by atoms with Gasteiger partial charge in [0.25, 0.3) is 0 Å². The van der Waals surface area contributed by atoms with Gasteiger partial charge in [-0.2, -0.15) is 5.10 Å². The summed E-state index contributed by atoms with van der Waals surface area (Å²) >= 11 is 0. The molecular formula is C13H23N3O. The summed E-state index contributed by atoms with van der Waals surface area (Å²) in [7, 11) is 0. The van der Waals surface area contributed by atoms with Crippen LogP contribution in [0.25, 0.3) is 0 Å². The Morgan fingerprint density at radius 3 is 2.94 bits per heavy atom. The van der Waals surface area contributed by atoms with Crippen LogP contribution in [0.1, 0.15) is 44.8 Å². The van der Waals surface area contributed by atoms with Crippen molar-refractivity contribution in [2.24, 2.45) is 5.92 Å². The van der Waals surface area contributed by atoms with E-state index in [1.165, 1.54) is 0 Å². The molecule has 0 aliphatic heterocycles. The highest BCUT2D eigenvalue weighted by atomic mass is 16.3. The average molecular weight is 237 g/mol. The van der Waals surface area contributed by atoms with E-state index in [0.29, 0.717) is 12.0 Å². The zero-order valence-electron chi connectivity index (χ0n) is 10.8. The van der Waals surface area contributed by atoms with Gasteiger partial charge in [-0.1, -0.05) is 6.42 Å². The van der Waals surface area contributed by atoms with Gasteiger partial charge in [0.05, 0.1) is 11.8 Å². The summed E-state index contributed by atoms with van der Waals surface area (Å²) in [5, 5.41) is 17.6. The van der Waals surface area contributed by atoms with Gasteiger partial charge in [0.2, 0.25) is 0 Å². The van der Waals surface area contributed by atoms with E-state index in [2.05, 4.69) is 30.3 Å². The molecule has 0 aromatic carbocycles. The van der Waals surface area contributed by atoms with Gasteiger partial charge in [-0.05, 0) is 38.7 Å². The molecule has 0 saturated heterocycles. The van der Waals surface area contributed by atoms with E-state index in [9.17, 15) is 5.11 Å². The molecule has 1 aromatic rings. The predicted molar refractivity (Wildman–Crippen MR) is 67.7 cm³/mol. The van der Waals surface area contributed by atoms with Crippen molar-refractivity contribution in [1.29, 1.82) is 0 Å². The number of aliphatic hydroxyl groups is 1. The second kappa shape index (κ2) is 5.65. The molecule has 1 fully saturated rings. The van der Waals surface area contributed by atoms with Crippen LogP contribution < -0.4 is 5.32 Å². The highest BCUT2D eigenvalue weighted by molar-refractivity contribution is 4.99. The molecule has 17 heavy (non-hydrogen) atoms. The van der Waals surface area contributed by atoms with Gasteiger partial charge >= 0.3 is 0 Å². The number of hydrogen-bond donors (Lipinski definition) is 2. The number of aliphatic hydroxyl groups excluding tert-OH is 1. The van der Waals surface area contributed by atoms with E-state index in [4.69, 9.17) is 0 Å². The Labute approximate surface area is 103 Å². The van der Waals surface area contributed by atoms with Crippen molar-refractivity contribution < 1.29 is 5.11 Å².